The van der Waals surface area contributed by atoms with Gasteiger partial charge in [-0.3, -0.25) is 4.79 Å². The zero-order valence-corrected chi connectivity index (χ0v) is 31.9. The highest BCUT2D eigenvalue weighted by molar-refractivity contribution is 7.90. The molecule has 3 saturated carbocycles. The van der Waals surface area contributed by atoms with E-state index in [0.717, 1.165) is 19.3 Å². The number of nitrogens with zero attached hydrogens (tertiary/aromatic N) is 5. The van der Waals surface area contributed by atoms with Crippen LogP contribution in [0, 0.1) is 22.6 Å². The molecule has 0 aromatic carbocycles. The van der Waals surface area contributed by atoms with Gasteiger partial charge >= 0.3 is 6.09 Å². The number of hydrogen-bond acceptors (Lipinski definition) is 10. The van der Waals surface area contributed by atoms with E-state index < -0.39 is 21.5 Å². The van der Waals surface area contributed by atoms with Gasteiger partial charge in [0.15, 0.2) is 10.8 Å². The molecule has 3 aromatic rings. The third-order valence-corrected chi connectivity index (χ3v) is 12.4. The summed E-state index contributed by atoms with van der Waals surface area (Å²) in [4.78, 5) is 36.1. The SMILES string of the molecule is [2H]C1(CCOc2ccn(-c3ccc(C(=O)NS(=O)(=O)c4cccc(NCCC[C@@H]5CN(C(=O)OC(C)(C)C)C(C)(C)C5)n4)c(Cl)n3)n2)C2(CC2)C12CC2. The van der Waals surface area contributed by atoms with Gasteiger partial charge in [0.05, 0.1) is 12.2 Å². The number of rotatable bonds is 13. The van der Waals surface area contributed by atoms with Crippen molar-refractivity contribution in [2.75, 3.05) is 25.0 Å². The van der Waals surface area contributed by atoms with Gasteiger partial charge < -0.3 is 19.7 Å². The lowest BCUT2D eigenvalue weighted by molar-refractivity contribution is 0.0130. The van der Waals surface area contributed by atoms with E-state index in [1.54, 1.807) is 29.3 Å². The van der Waals surface area contributed by atoms with E-state index in [1.807, 2.05) is 39.3 Å². The van der Waals surface area contributed by atoms with Crippen LogP contribution in [0.2, 0.25) is 5.15 Å². The standard InChI is InChI=1S/C37H48ClN7O6S/c1-34(2,3)51-33(47)44-23-24(22-35(44,4)5)8-7-19-39-27-9-6-10-30(40-27)52(48,49)43-32(46)25-11-12-28(41-31(25)38)45-20-13-29(42-45)50-21-14-26-36(15-16-36)37(26)17-18-37/h6,9-13,20,24,26H,7-8,14-19,21-23H2,1-5H3,(H,39,40)(H,43,46)/t24-/m0/s1/i26D. The van der Waals surface area contributed by atoms with Crippen molar-refractivity contribution >= 4 is 39.4 Å². The zero-order valence-electron chi connectivity index (χ0n) is 31.4. The maximum Gasteiger partial charge on any atom is 0.410 e. The van der Waals surface area contributed by atoms with Crippen LogP contribution in [0.1, 0.15) is 97.7 Å². The van der Waals surface area contributed by atoms with Gasteiger partial charge in [-0.2, -0.15) is 8.42 Å². The fourth-order valence-electron chi connectivity index (χ4n) is 8.22. The highest BCUT2D eigenvalue weighted by atomic mass is 35.5. The van der Waals surface area contributed by atoms with Crippen LogP contribution in [0.5, 0.6) is 5.88 Å². The minimum absolute atomic E-state index is 0.134. The number of anilines is 1. The van der Waals surface area contributed by atoms with Crippen LogP contribution in [-0.2, 0) is 14.8 Å². The predicted molar refractivity (Wildman–Crippen MR) is 195 cm³/mol. The first-order valence-electron chi connectivity index (χ1n) is 18.5. The number of ether oxygens (including phenoxy) is 2. The first-order chi connectivity index (χ1) is 24.9. The predicted octanol–water partition coefficient (Wildman–Crippen LogP) is 6.62. The summed E-state index contributed by atoms with van der Waals surface area (Å²) in [6.07, 6.45) is 9.20. The number of likely N-dealkylation sites (tertiary alicyclic amines) is 1. The molecule has 1 saturated heterocycles. The summed E-state index contributed by atoms with van der Waals surface area (Å²) < 4.78 is 50.3. The Morgan fingerprint density at radius 3 is 2.46 bits per heavy atom. The highest BCUT2D eigenvalue weighted by Crippen LogP contribution is 2.93. The van der Waals surface area contributed by atoms with Gasteiger partial charge in [-0.05, 0) is 133 Å². The topological polar surface area (TPSA) is 158 Å². The Balaban J connectivity index is 0.887. The minimum Gasteiger partial charge on any atom is -0.477 e. The second-order valence-corrected chi connectivity index (χ2v) is 18.2. The summed E-state index contributed by atoms with van der Waals surface area (Å²) in [5.74, 6) is 0.0449. The molecule has 1 aliphatic heterocycles. The Morgan fingerprint density at radius 1 is 1.06 bits per heavy atom. The Hall–Kier alpha value is -3.91. The largest absolute Gasteiger partial charge is 0.477 e. The molecule has 4 fully saturated rings. The van der Waals surface area contributed by atoms with Gasteiger partial charge in [-0.25, -0.2) is 24.2 Å². The van der Waals surface area contributed by atoms with Crippen molar-refractivity contribution in [3.8, 4) is 11.7 Å². The number of carbonyl (C=O) groups excluding carboxylic acids is 2. The number of sulfonamides is 1. The van der Waals surface area contributed by atoms with E-state index >= 15 is 0 Å². The van der Waals surface area contributed by atoms with Crippen molar-refractivity contribution in [1.82, 2.24) is 29.4 Å². The van der Waals surface area contributed by atoms with Crippen LogP contribution in [0.3, 0.4) is 0 Å². The summed E-state index contributed by atoms with van der Waals surface area (Å²) in [7, 11) is -4.35. The number of nitrogens with one attached hydrogen (secondary N) is 2. The first kappa shape index (κ1) is 35.1. The first-order valence-corrected chi connectivity index (χ1v) is 19.9. The molecule has 0 bridgehead atoms. The van der Waals surface area contributed by atoms with Crippen molar-refractivity contribution < 1.29 is 28.9 Å². The van der Waals surface area contributed by atoms with Crippen LogP contribution in [0.25, 0.3) is 5.82 Å². The number of amides is 2. The molecule has 52 heavy (non-hydrogen) atoms. The van der Waals surface area contributed by atoms with Gasteiger partial charge in [0.1, 0.15) is 16.6 Å². The van der Waals surface area contributed by atoms with Crippen molar-refractivity contribution in [1.29, 1.82) is 0 Å². The van der Waals surface area contributed by atoms with E-state index in [2.05, 4.69) is 20.4 Å². The van der Waals surface area contributed by atoms with Crippen molar-refractivity contribution in [2.24, 2.45) is 22.6 Å². The van der Waals surface area contributed by atoms with Crippen molar-refractivity contribution in [3.05, 3.63) is 53.3 Å². The molecule has 0 radical (unpaired) electrons. The van der Waals surface area contributed by atoms with E-state index in [1.165, 1.54) is 48.6 Å². The molecule has 2 spiro atoms. The average molecular weight is 755 g/mol. The number of carbonyl (C=O) groups is 2. The normalized spacial score (nSPS) is 21.8. The Labute approximate surface area is 311 Å². The third kappa shape index (κ3) is 7.33. The van der Waals surface area contributed by atoms with E-state index in [9.17, 15) is 18.0 Å². The molecular formula is C37H48ClN7O6S. The summed E-state index contributed by atoms with van der Waals surface area (Å²) in [6, 6.07) is 9.07. The molecule has 280 valence electrons. The van der Waals surface area contributed by atoms with Gasteiger partial charge in [0, 0.05) is 32.3 Å². The molecular weight excluding hydrogens is 706 g/mol. The van der Waals surface area contributed by atoms with E-state index in [-0.39, 0.29) is 44.1 Å². The lowest BCUT2D eigenvalue weighted by atomic mass is 9.93. The summed E-state index contributed by atoms with van der Waals surface area (Å²) >= 11 is 6.36. The lowest BCUT2D eigenvalue weighted by Gasteiger charge is -2.33. The van der Waals surface area contributed by atoms with Crippen LogP contribution in [-0.4, -0.2) is 75.9 Å². The fourth-order valence-corrected chi connectivity index (χ4v) is 9.39. The number of fused-ring (bicyclic) bond motifs is 1. The monoisotopic (exact) mass is 754 g/mol. The van der Waals surface area contributed by atoms with E-state index in [4.69, 9.17) is 22.4 Å². The molecule has 15 heteroatoms. The molecule has 2 N–H and O–H groups in total. The maximum absolute atomic E-state index is 13.2. The Kier molecular flexibility index (Phi) is 8.91. The average Bonchev–Trinajstić information content (AvgIpc) is 4.02. The van der Waals surface area contributed by atoms with Crippen LogP contribution in [0.15, 0.2) is 47.6 Å². The molecule has 2 amide bonds. The van der Waals surface area contributed by atoms with Gasteiger partial charge in [0.2, 0.25) is 5.88 Å². The Bertz CT molecular complexity index is 2010. The highest BCUT2D eigenvalue weighted by Gasteiger charge is 2.85. The van der Waals surface area contributed by atoms with Crippen LogP contribution in [0.4, 0.5) is 10.6 Å². The second-order valence-electron chi connectivity index (χ2n) is 16.2. The Morgan fingerprint density at radius 2 is 1.79 bits per heavy atom. The van der Waals surface area contributed by atoms with Gasteiger partial charge in [-0.15, -0.1) is 5.10 Å². The fraction of sp³-hybridized carbons (Fsp3) is 0.595. The quantitative estimate of drug-likeness (QED) is 0.144. The summed E-state index contributed by atoms with van der Waals surface area (Å²) in [6.45, 7) is 11.2. The molecule has 3 aliphatic carbocycles. The van der Waals surface area contributed by atoms with Crippen molar-refractivity contribution in [2.45, 2.75) is 102 Å². The number of hydrogen-bond donors (Lipinski definition) is 2. The molecule has 13 nitrogen and oxygen atoms in total. The smallest absolute Gasteiger partial charge is 0.410 e. The second kappa shape index (κ2) is 13.2. The van der Waals surface area contributed by atoms with Crippen LogP contribution < -0.4 is 14.8 Å². The maximum atomic E-state index is 13.2. The van der Waals surface area contributed by atoms with Gasteiger partial charge in [-0.1, -0.05) is 17.7 Å². The number of pyridine rings is 2. The molecule has 0 unspecified atom stereocenters. The zero-order chi connectivity index (χ0) is 38.0. The van der Waals surface area contributed by atoms with Crippen molar-refractivity contribution in [3.63, 3.8) is 0 Å². The number of aromatic nitrogens is 4. The number of halogens is 1. The summed E-state index contributed by atoms with van der Waals surface area (Å²) in [5.41, 5.74) is -0.504. The minimum atomic E-state index is -4.35. The molecule has 4 aliphatic rings. The van der Waals surface area contributed by atoms with E-state index in [0.29, 0.717) is 49.6 Å². The molecule has 4 heterocycles. The summed E-state index contributed by atoms with van der Waals surface area (Å²) in [5, 5.41) is 7.04. The third-order valence-electron chi connectivity index (χ3n) is 10.9. The molecule has 1 atom stereocenters. The molecule has 3 aromatic heterocycles. The van der Waals surface area contributed by atoms with Gasteiger partial charge in [0.25, 0.3) is 15.9 Å². The lowest BCUT2D eigenvalue weighted by Crippen LogP contribution is -2.45. The molecule has 7 rings (SSSR count). The van der Waals surface area contributed by atoms with Crippen LogP contribution >= 0.6 is 11.6 Å².